The molecule has 0 N–H and O–H groups in total. The molecule has 0 aliphatic heterocycles. The monoisotopic (exact) mass is 342 g/mol. The van der Waals surface area contributed by atoms with Gasteiger partial charge in [0.25, 0.3) is 0 Å². The summed E-state index contributed by atoms with van der Waals surface area (Å²) in [6.07, 6.45) is -0.301. The molecule has 0 unspecified atom stereocenters. The Balaban J connectivity index is 3.24. The molecule has 2 atom stereocenters. The van der Waals surface area contributed by atoms with Crippen LogP contribution in [-0.2, 0) is 23.1 Å². The SMILES string of the molecule is CCOP(=O)(OCC)[C@@H](C(=O)OC(C)C)[C@H](C)c1ccccc1. The predicted octanol–water partition coefficient (Wildman–Crippen LogP) is 4.38. The minimum Gasteiger partial charge on any atom is -0.462 e. The van der Waals surface area contributed by atoms with Crippen LogP contribution >= 0.6 is 7.60 Å². The van der Waals surface area contributed by atoms with Gasteiger partial charge in [0.15, 0.2) is 5.66 Å². The van der Waals surface area contributed by atoms with Gasteiger partial charge in [-0.15, -0.1) is 0 Å². The second kappa shape index (κ2) is 9.21. The third kappa shape index (κ3) is 5.45. The maximum absolute atomic E-state index is 13.2. The van der Waals surface area contributed by atoms with E-state index < -0.39 is 19.2 Å². The fraction of sp³-hybridized carbons (Fsp3) is 0.588. The lowest BCUT2D eigenvalue weighted by atomic mass is 9.97. The number of hydrogen-bond donors (Lipinski definition) is 0. The van der Waals surface area contributed by atoms with E-state index in [0.717, 1.165) is 5.56 Å². The van der Waals surface area contributed by atoms with Gasteiger partial charge in [0.1, 0.15) is 0 Å². The van der Waals surface area contributed by atoms with Crippen LogP contribution in [0.25, 0.3) is 0 Å². The molecule has 1 rings (SSSR count). The van der Waals surface area contributed by atoms with E-state index in [1.165, 1.54) is 0 Å². The van der Waals surface area contributed by atoms with Gasteiger partial charge in [0.2, 0.25) is 0 Å². The quantitative estimate of drug-likeness (QED) is 0.492. The third-order valence-corrected chi connectivity index (χ3v) is 5.93. The predicted molar refractivity (Wildman–Crippen MR) is 90.7 cm³/mol. The summed E-state index contributed by atoms with van der Waals surface area (Å²) in [7, 11) is -3.64. The van der Waals surface area contributed by atoms with E-state index in [1.807, 2.05) is 37.3 Å². The first kappa shape index (κ1) is 19.9. The molecule has 23 heavy (non-hydrogen) atoms. The van der Waals surface area contributed by atoms with Crippen LogP contribution in [0.15, 0.2) is 30.3 Å². The van der Waals surface area contributed by atoms with Crippen molar-refractivity contribution in [3.05, 3.63) is 35.9 Å². The van der Waals surface area contributed by atoms with Crippen molar-refractivity contribution >= 4 is 13.6 Å². The molecule has 0 bridgehead atoms. The molecule has 5 nitrogen and oxygen atoms in total. The number of ether oxygens (including phenoxy) is 1. The van der Waals surface area contributed by atoms with Crippen LogP contribution in [0.3, 0.4) is 0 Å². The first-order valence-corrected chi connectivity index (χ1v) is 9.61. The average Bonchev–Trinajstić information content (AvgIpc) is 2.47. The fourth-order valence-corrected chi connectivity index (χ4v) is 4.56. The van der Waals surface area contributed by atoms with E-state index in [0.29, 0.717) is 0 Å². The molecule has 0 aliphatic rings. The van der Waals surface area contributed by atoms with E-state index in [-0.39, 0.29) is 25.2 Å². The maximum Gasteiger partial charge on any atom is 0.345 e. The molecule has 0 aromatic heterocycles. The van der Waals surface area contributed by atoms with Gasteiger partial charge >= 0.3 is 13.6 Å². The van der Waals surface area contributed by atoms with E-state index in [4.69, 9.17) is 13.8 Å². The molecule has 6 heteroatoms. The standard InChI is InChI=1S/C17H27O5P/c1-6-20-23(19,21-7-2)16(17(18)22-13(3)4)14(5)15-11-9-8-10-12-15/h8-14,16H,6-7H2,1-5H3/t14-,16-/m1/s1. The molecule has 0 aliphatic carbocycles. The van der Waals surface area contributed by atoms with Crippen molar-refractivity contribution in [1.29, 1.82) is 0 Å². The Morgan fingerprint density at radius 3 is 2.00 bits per heavy atom. The van der Waals surface area contributed by atoms with Crippen LogP contribution in [0.5, 0.6) is 0 Å². The first-order chi connectivity index (χ1) is 10.9. The summed E-state index contributed by atoms with van der Waals surface area (Å²) in [6.45, 7) is 9.21. The molecule has 1 aromatic carbocycles. The number of carbonyl (C=O) groups excluding carboxylic acids is 1. The van der Waals surface area contributed by atoms with Crippen molar-refractivity contribution in [2.75, 3.05) is 13.2 Å². The topological polar surface area (TPSA) is 61.8 Å². The Labute approximate surface area is 138 Å². The number of carbonyl (C=O) groups is 1. The van der Waals surface area contributed by atoms with Gasteiger partial charge in [0.05, 0.1) is 19.3 Å². The van der Waals surface area contributed by atoms with Gasteiger partial charge in [-0.2, -0.15) is 0 Å². The van der Waals surface area contributed by atoms with Crippen molar-refractivity contribution < 1.29 is 23.1 Å². The van der Waals surface area contributed by atoms with E-state index >= 15 is 0 Å². The molecule has 0 radical (unpaired) electrons. The molecule has 0 heterocycles. The lowest BCUT2D eigenvalue weighted by Crippen LogP contribution is -2.32. The van der Waals surface area contributed by atoms with E-state index in [9.17, 15) is 9.36 Å². The highest BCUT2D eigenvalue weighted by Gasteiger charge is 2.46. The highest BCUT2D eigenvalue weighted by atomic mass is 31.2. The minimum absolute atomic E-state index is 0.199. The van der Waals surface area contributed by atoms with Crippen LogP contribution < -0.4 is 0 Å². The van der Waals surface area contributed by atoms with Crippen LogP contribution in [0, 0.1) is 0 Å². The Hall–Kier alpha value is -1.16. The van der Waals surface area contributed by atoms with Crippen molar-refractivity contribution in [2.24, 2.45) is 0 Å². The molecule has 0 spiro atoms. The second-order valence-corrected chi connectivity index (χ2v) is 7.66. The maximum atomic E-state index is 13.2. The van der Waals surface area contributed by atoms with E-state index in [1.54, 1.807) is 27.7 Å². The Morgan fingerprint density at radius 1 is 1.04 bits per heavy atom. The molecular formula is C17H27O5P. The van der Waals surface area contributed by atoms with Crippen molar-refractivity contribution in [3.8, 4) is 0 Å². The molecule has 1 aromatic rings. The van der Waals surface area contributed by atoms with Crippen molar-refractivity contribution in [1.82, 2.24) is 0 Å². The third-order valence-electron chi connectivity index (χ3n) is 3.35. The smallest absolute Gasteiger partial charge is 0.345 e. The minimum atomic E-state index is -3.64. The zero-order valence-electron chi connectivity index (χ0n) is 14.5. The molecule has 0 saturated carbocycles. The van der Waals surface area contributed by atoms with Gasteiger partial charge in [-0.3, -0.25) is 9.36 Å². The van der Waals surface area contributed by atoms with Gasteiger partial charge in [-0.05, 0) is 33.3 Å². The first-order valence-electron chi connectivity index (χ1n) is 7.99. The highest BCUT2D eigenvalue weighted by Crippen LogP contribution is 2.57. The molecule has 130 valence electrons. The lowest BCUT2D eigenvalue weighted by Gasteiger charge is -2.29. The molecule has 0 fully saturated rings. The van der Waals surface area contributed by atoms with Gasteiger partial charge in [-0.1, -0.05) is 37.3 Å². The summed E-state index contributed by atoms with van der Waals surface area (Å²) in [5, 5.41) is 0. The Bertz CT molecular complexity index is 519. The number of rotatable bonds is 9. The lowest BCUT2D eigenvalue weighted by molar-refractivity contribution is -0.147. The summed E-state index contributed by atoms with van der Waals surface area (Å²) >= 11 is 0. The summed E-state index contributed by atoms with van der Waals surface area (Å²) in [5.41, 5.74) is -0.106. The van der Waals surface area contributed by atoms with Gasteiger partial charge in [-0.25, -0.2) is 0 Å². The van der Waals surface area contributed by atoms with Crippen LogP contribution in [-0.4, -0.2) is 30.9 Å². The van der Waals surface area contributed by atoms with Crippen molar-refractivity contribution in [3.63, 3.8) is 0 Å². The largest absolute Gasteiger partial charge is 0.462 e. The van der Waals surface area contributed by atoms with Crippen LogP contribution in [0.4, 0.5) is 0 Å². The number of esters is 1. The molecular weight excluding hydrogens is 315 g/mol. The zero-order valence-corrected chi connectivity index (χ0v) is 15.4. The zero-order chi connectivity index (χ0) is 17.5. The van der Waals surface area contributed by atoms with Crippen LogP contribution in [0.2, 0.25) is 0 Å². The normalized spacial score (nSPS) is 14.5. The number of benzene rings is 1. The summed E-state index contributed by atoms with van der Waals surface area (Å²) < 4.78 is 29.3. The fourth-order valence-electron chi connectivity index (χ4n) is 2.41. The van der Waals surface area contributed by atoms with Gasteiger partial charge in [0, 0.05) is 5.92 Å². The summed E-state index contributed by atoms with van der Waals surface area (Å²) in [4.78, 5) is 12.6. The molecule has 0 amide bonds. The van der Waals surface area contributed by atoms with Crippen molar-refractivity contribution in [2.45, 2.75) is 52.3 Å². The molecule has 0 saturated heterocycles. The average molecular weight is 342 g/mol. The summed E-state index contributed by atoms with van der Waals surface area (Å²) in [6, 6.07) is 9.43. The summed E-state index contributed by atoms with van der Waals surface area (Å²) in [5.74, 6) is -0.909. The van der Waals surface area contributed by atoms with E-state index in [2.05, 4.69) is 0 Å². The highest BCUT2D eigenvalue weighted by molar-refractivity contribution is 7.55. The Kier molecular flexibility index (Phi) is 7.97. The number of hydrogen-bond acceptors (Lipinski definition) is 5. The second-order valence-electron chi connectivity index (χ2n) is 5.51. The van der Waals surface area contributed by atoms with Gasteiger partial charge < -0.3 is 13.8 Å². The Morgan fingerprint density at radius 2 is 1.57 bits per heavy atom. The van der Waals surface area contributed by atoms with Crippen LogP contribution in [0.1, 0.15) is 46.1 Å².